The summed E-state index contributed by atoms with van der Waals surface area (Å²) < 4.78 is 0. The van der Waals surface area contributed by atoms with Crippen molar-refractivity contribution in [3.63, 3.8) is 0 Å². The number of nitrogens with one attached hydrogen (secondary N) is 3. The van der Waals surface area contributed by atoms with Crippen molar-refractivity contribution in [1.29, 1.82) is 0 Å². The molecule has 1 saturated heterocycles. The summed E-state index contributed by atoms with van der Waals surface area (Å²) in [5.74, 6) is -0.492. The van der Waals surface area contributed by atoms with E-state index in [1.807, 2.05) is 4.90 Å². The van der Waals surface area contributed by atoms with Crippen molar-refractivity contribution in [1.82, 2.24) is 15.1 Å². The molecule has 2 aromatic carbocycles. The Bertz CT molecular complexity index is 1120. The van der Waals surface area contributed by atoms with E-state index >= 15 is 0 Å². The van der Waals surface area contributed by atoms with Gasteiger partial charge < -0.3 is 15.5 Å². The molecule has 1 aliphatic heterocycles. The highest BCUT2D eigenvalue weighted by Gasteiger charge is 2.18. The van der Waals surface area contributed by atoms with Gasteiger partial charge in [-0.15, -0.1) is 0 Å². The van der Waals surface area contributed by atoms with Crippen LogP contribution in [-0.2, 0) is 0 Å². The second kappa shape index (κ2) is 8.82. The molecule has 0 atom stereocenters. The monoisotopic (exact) mass is 422 g/mol. The highest BCUT2D eigenvalue weighted by atomic mass is 16.6. The molecule has 3 aromatic rings. The molecule has 10 heteroatoms. The molecule has 10 nitrogen and oxygen atoms in total. The van der Waals surface area contributed by atoms with E-state index in [0.717, 1.165) is 38.8 Å². The Labute approximate surface area is 177 Å². The maximum Gasteiger partial charge on any atom is 0.321 e. The number of aromatic amines is 1. The molecule has 0 bridgehead atoms. The maximum absolute atomic E-state index is 12.6. The van der Waals surface area contributed by atoms with Crippen LogP contribution in [0.4, 0.5) is 21.9 Å². The Morgan fingerprint density at radius 1 is 0.968 bits per heavy atom. The fourth-order valence-electron chi connectivity index (χ4n) is 3.59. The number of H-pyrrole nitrogens is 1. The van der Waals surface area contributed by atoms with Crippen LogP contribution in [0, 0.1) is 10.1 Å². The van der Waals surface area contributed by atoms with Crippen molar-refractivity contribution in [2.45, 2.75) is 25.7 Å². The number of amides is 3. The van der Waals surface area contributed by atoms with Crippen LogP contribution in [0.25, 0.3) is 10.9 Å². The Kier molecular flexibility index (Phi) is 5.78. The van der Waals surface area contributed by atoms with Crippen LogP contribution in [0.3, 0.4) is 0 Å². The van der Waals surface area contributed by atoms with Crippen molar-refractivity contribution < 1.29 is 14.5 Å². The van der Waals surface area contributed by atoms with Crippen LogP contribution < -0.4 is 10.6 Å². The topological polar surface area (TPSA) is 133 Å². The Hall–Kier alpha value is -3.95. The molecule has 0 saturated carbocycles. The van der Waals surface area contributed by atoms with Gasteiger partial charge in [-0.2, -0.15) is 5.10 Å². The summed E-state index contributed by atoms with van der Waals surface area (Å²) in [4.78, 5) is 37.4. The highest BCUT2D eigenvalue weighted by Crippen LogP contribution is 2.23. The summed E-state index contributed by atoms with van der Waals surface area (Å²) in [6, 6.07) is 10.8. The van der Waals surface area contributed by atoms with Crippen molar-refractivity contribution in [3.05, 3.63) is 58.3 Å². The van der Waals surface area contributed by atoms with Gasteiger partial charge in [0.05, 0.1) is 10.4 Å². The summed E-state index contributed by atoms with van der Waals surface area (Å²) in [6.45, 7) is 1.52. The third-order valence-electron chi connectivity index (χ3n) is 5.26. The molecule has 1 aliphatic rings. The summed E-state index contributed by atoms with van der Waals surface area (Å²) in [7, 11) is 0. The van der Waals surface area contributed by atoms with E-state index in [1.54, 1.807) is 24.3 Å². The van der Waals surface area contributed by atoms with Crippen LogP contribution >= 0.6 is 0 Å². The standard InChI is InChI=1S/C21H22N6O4/c28-20(19-17-13-16(27(30)31)9-10-18(17)24-25-19)22-14-5-7-15(8-6-14)23-21(29)26-11-3-1-2-4-12-26/h5-10,13H,1-4,11-12H2,(H,22,28)(H,23,29)(H,24,25). The number of nitro benzene ring substituents is 1. The number of fused-ring (bicyclic) bond motifs is 1. The molecule has 1 fully saturated rings. The smallest absolute Gasteiger partial charge is 0.321 e. The third-order valence-corrected chi connectivity index (χ3v) is 5.26. The first kappa shape index (κ1) is 20.3. The van der Waals surface area contributed by atoms with Gasteiger partial charge in [0.15, 0.2) is 5.69 Å². The van der Waals surface area contributed by atoms with Gasteiger partial charge in [0, 0.05) is 42.0 Å². The SMILES string of the molecule is O=C(Nc1ccc(NC(=O)N2CCCCCC2)cc1)c1n[nH]c2ccc([N+](=O)[O-])cc12. The predicted octanol–water partition coefficient (Wildman–Crippen LogP) is 4.13. The zero-order chi connectivity index (χ0) is 21.8. The average molecular weight is 422 g/mol. The lowest BCUT2D eigenvalue weighted by molar-refractivity contribution is -0.384. The fourth-order valence-corrected chi connectivity index (χ4v) is 3.59. The number of aromatic nitrogens is 2. The number of carbonyl (C=O) groups is 2. The molecule has 0 spiro atoms. The molecule has 160 valence electrons. The lowest BCUT2D eigenvalue weighted by atomic mass is 10.2. The molecule has 1 aromatic heterocycles. The first-order valence-corrected chi connectivity index (χ1v) is 10.1. The number of rotatable bonds is 4. The van der Waals surface area contributed by atoms with E-state index in [9.17, 15) is 19.7 Å². The van der Waals surface area contributed by atoms with Crippen molar-refractivity contribution in [2.24, 2.45) is 0 Å². The predicted molar refractivity (Wildman–Crippen MR) is 116 cm³/mol. The number of nitro groups is 1. The van der Waals surface area contributed by atoms with E-state index < -0.39 is 10.8 Å². The molecule has 0 unspecified atom stereocenters. The molecule has 0 aliphatic carbocycles. The first-order valence-electron chi connectivity index (χ1n) is 10.1. The van der Waals surface area contributed by atoms with Crippen molar-refractivity contribution in [2.75, 3.05) is 23.7 Å². The Morgan fingerprint density at radius 3 is 2.26 bits per heavy atom. The normalized spacial score (nSPS) is 14.1. The average Bonchev–Trinajstić information content (AvgIpc) is 2.99. The van der Waals surface area contributed by atoms with Gasteiger partial charge >= 0.3 is 6.03 Å². The molecular weight excluding hydrogens is 400 g/mol. The summed E-state index contributed by atoms with van der Waals surface area (Å²) in [5, 5.41) is 23.7. The minimum atomic E-state index is -0.521. The zero-order valence-corrected chi connectivity index (χ0v) is 16.8. The number of likely N-dealkylation sites (tertiary alicyclic amines) is 1. The summed E-state index contributed by atoms with van der Waals surface area (Å²) in [6.07, 6.45) is 4.33. The van der Waals surface area contributed by atoms with E-state index in [2.05, 4.69) is 20.8 Å². The van der Waals surface area contributed by atoms with Crippen molar-refractivity contribution in [3.8, 4) is 0 Å². The number of carbonyl (C=O) groups excluding carboxylic acids is 2. The van der Waals surface area contributed by atoms with E-state index in [-0.39, 0.29) is 17.4 Å². The highest BCUT2D eigenvalue weighted by molar-refractivity contribution is 6.11. The second-order valence-corrected chi connectivity index (χ2v) is 7.42. The lowest BCUT2D eigenvalue weighted by Gasteiger charge is -2.20. The maximum atomic E-state index is 12.6. The van der Waals surface area contributed by atoms with Crippen LogP contribution in [0.5, 0.6) is 0 Å². The molecule has 4 rings (SSSR count). The van der Waals surface area contributed by atoms with Crippen LogP contribution in [0.15, 0.2) is 42.5 Å². The van der Waals surface area contributed by atoms with Gasteiger partial charge in [-0.05, 0) is 43.2 Å². The van der Waals surface area contributed by atoms with Gasteiger partial charge in [0.1, 0.15) is 0 Å². The van der Waals surface area contributed by atoms with Crippen LogP contribution in [-0.4, -0.2) is 45.0 Å². The summed E-state index contributed by atoms with van der Waals surface area (Å²) in [5.41, 5.74) is 1.62. The number of urea groups is 1. The Morgan fingerprint density at radius 2 is 1.61 bits per heavy atom. The third kappa shape index (κ3) is 4.63. The van der Waals surface area contributed by atoms with Crippen LogP contribution in [0.1, 0.15) is 36.2 Å². The van der Waals surface area contributed by atoms with Gasteiger partial charge in [-0.1, -0.05) is 12.8 Å². The Balaban J connectivity index is 1.42. The van der Waals surface area contributed by atoms with Gasteiger partial charge in [-0.25, -0.2) is 4.79 Å². The molecule has 3 N–H and O–H groups in total. The molecule has 3 amide bonds. The van der Waals surface area contributed by atoms with Gasteiger partial charge in [0.2, 0.25) is 0 Å². The van der Waals surface area contributed by atoms with Gasteiger partial charge in [0.25, 0.3) is 11.6 Å². The quantitative estimate of drug-likeness (QED) is 0.429. The summed E-state index contributed by atoms with van der Waals surface area (Å²) >= 11 is 0. The van der Waals surface area contributed by atoms with Crippen LogP contribution in [0.2, 0.25) is 0 Å². The molecule has 2 heterocycles. The number of hydrogen-bond acceptors (Lipinski definition) is 5. The van der Waals surface area contributed by atoms with E-state index in [4.69, 9.17) is 0 Å². The van der Waals surface area contributed by atoms with E-state index in [0.29, 0.717) is 22.3 Å². The van der Waals surface area contributed by atoms with Gasteiger partial charge in [-0.3, -0.25) is 20.0 Å². The molecular formula is C21H22N6O4. The largest absolute Gasteiger partial charge is 0.325 e. The number of non-ortho nitro benzene ring substituents is 1. The van der Waals surface area contributed by atoms with E-state index in [1.165, 1.54) is 18.2 Å². The fraction of sp³-hybridized carbons (Fsp3) is 0.286. The lowest BCUT2D eigenvalue weighted by Crippen LogP contribution is -2.35. The van der Waals surface area contributed by atoms with Crippen molar-refractivity contribution >= 4 is 39.9 Å². The molecule has 31 heavy (non-hydrogen) atoms. The number of nitrogens with zero attached hydrogens (tertiary/aromatic N) is 3. The minimum absolute atomic E-state index is 0.0669. The first-order chi connectivity index (χ1) is 15.0. The number of anilines is 2. The minimum Gasteiger partial charge on any atom is -0.325 e. The molecule has 0 radical (unpaired) electrons. The second-order valence-electron chi connectivity index (χ2n) is 7.42. The number of hydrogen-bond donors (Lipinski definition) is 3. The zero-order valence-electron chi connectivity index (χ0n) is 16.8. The number of benzene rings is 2.